The lowest BCUT2D eigenvalue weighted by atomic mass is 10.3. The highest BCUT2D eigenvalue weighted by Gasteiger charge is 2.29. The number of hydrogen-bond donors (Lipinski definition) is 1. The van der Waals surface area contributed by atoms with Crippen LogP contribution in [0, 0.1) is 0 Å². The topological polar surface area (TPSA) is 42.1 Å². The Labute approximate surface area is 105 Å². The largest absolute Gasteiger partial charge is 0.397 e. The van der Waals surface area contributed by atoms with Crippen LogP contribution in [-0.4, -0.2) is 11.0 Å². The van der Waals surface area contributed by atoms with Crippen LogP contribution in [0.15, 0.2) is 36.0 Å². The van der Waals surface area contributed by atoms with Crippen molar-refractivity contribution < 1.29 is 0 Å². The summed E-state index contributed by atoms with van der Waals surface area (Å²) in [5, 5.41) is 2.12. The van der Waals surface area contributed by atoms with Crippen molar-refractivity contribution in [1.82, 2.24) is 4.98 Å². The second-order valence-electron chi connectivity index (χ2n) is 4.41. The minimum Gasteiger partial charge on any atom is -0.397 e. The smallest absolute Gasteiger partial charge is 0.0579 e. The molecule has 1 aliphatic carbocycles. The summed E-state index contributed by atoms with van der Waals surface area (Å²) in [5.74, 6) is 0. The summed E-state index contributed by atoms with van der Waals surface area (Å²) in [5.41, 5.74) is 7.68. The minimum absolute atomic E-state index is 0.667. The molecule has 0 saturated heterocycles. The quantitative estimate of drug-likeness (QED) is 0.900. The van der Waals surface area contributed by atoms with Crippen LogP contribution in [-0.2, 0) is 6.54 Å². The molecule has 1 saturated carbocycles. The Balaban J connectivity index is 1.85. The molecule has 1 aliphatic rings. The van der Waals surface area contributed by atoms with Crippen molar-refractivity contribution in [2.24, 2.45) is 0 Å². The van der Waals surface area contributed by atoms with Crippen molar-refractivity contribution in [3.05, 3.63) is 40.8 Å². The number of nitrogens with two attached hydrogens (primary N) is 1. The number of anilines is 2. The summed E-state index contributed by atoms with van der Waals surface area (Å²) in [6.45, 7) is 0.966. The summed E-state index contributed by atoms with van der Waals surface area (Å²) < 4.78 is 0. The molecule has 88 valence electrons. The molecule has 3 nitrogen and oxygen atoms in total. The number of pyridine rings is 1. The first kappa shape index (κ1) is 10.6. The lowest BCUT2D eigenvalue weighted by molar-refractivity contribution is 0.801. The molecule has 4 heteroatoms. The normalized spacial score (nSPS) is 14.8. The first-order chi connectivity index (χ1) is 8.33. The maximum Gasteiger partial charge on any atom is 0.0579 e. The fraction of sp³-hybridized carbons (Fsp3) is 0.308. The van der Waals surface area contributed by atoms with Crippen LogP contribution >= 0.6 is 11.3 Å². The molecule has 2 heterocycles. The zero-order valence-electron chi connectivity index (χ0n) is 9.54. The van der Waals surface area contributed by atoms with Gasteiger partial charge in [-0.25, -0.2) is 0 Å². The van der Waals surface area contributed by atoms with Gasteiger partial charge >= 0.3 is 0 Å². The van der Waals surface area contributed by atoms with Gasteiger partial charge in [-0.2, -0.15) is 0 Å². The van der Waals surface area contributed by atoms with Gasteiger partial charge in [0.1, 0.15) is 0 Å². The molecular formula is C13H15N3S. The van der Waals surface area contributed by atoms with Crippen LogP contribution in [0.2, 0.25) is 0 Å². The lowest BCUT2D eigenvalue weighted by Gasteiger charge is -2.23. The number of hydrogen-bond acceptors (Lipinski definition) is 4. The van der Waals surface area contributed by atoms with Gasteiger partial charge in [0.05, 0.1) is 24.1 Å². The number of nitrogen functional groups attached to an aromatic ring is 1. The zero-order valence-corrected chi connectivity index (χ0v) is 10.4. The van der Waals surface area contributed by atoms with E-state index in [1.807, 2.05) is 12.3 Å². The third-order valence-corrected chi connectivity index (χ3v) is 3.83. The van der Waals surface area contributed by atoms with E-state index in [0.29, 0.717) is 6.04 Å². The van der Waals surface area contributed by atoms with Crippen molar-refractivity contribution in [2.75, 3.05) is 10.6 Å². The van der Waals surface area contributed by atoms with Crippen LogP contribution < -0.4 is 10.6 Å². The van der Waals surface area contributed by atoms with Crippen LogP contribution in [0.25, 0.3) is 0 Å². The van der Waals surface area contributed by atoms with E-state index in [4.69, 9.17) is 5.73 Å². The van der Waals surface area contributed by atoms with Crippen LogP contribution in [0.3, 0.4) is 0 Å². The van der Waals surface area contributed by atoms with E-state index in [1.54, 1.807) is 17.5 Å². The maximum atomic E-state index is 5.80. The summed E-state index contributed by atoms with van der Waals surface area (Å²) in [6, 6.07) is 6.96. The van der Waals surface area contributed by atoms with E-state index >= 15 is 0 Å². The molecule has 2 N–H and O–H groups in total. The highest BCUT2D eigenvalue weighted by Crippen LogP contribution is 2.33. The van der Waals surface area contributed by atoms with Gasteiger partial charge in [0, 0.05) is 17.1 Å². The molecule has 2 aromatic heterocycles. The summed E-state index contributed by atoms with van der Waals surface area (Å²) in [4.78, 5) is 7.98. The summed E-state index contributed by atoms with van der Waals surface area (Å²) in [6.07, 6.45) is 6.16. The third kappa shape index (κ3) is 2.42. The van der Waals surface area contributed by atoms with Gasteiger partial charge in [-0.1, -0.05) is 6.07 Å². The average molecular weight is 245 g/mol. The second kappa shape index (κ2) is 4.37. The van der Waals surface area contributed by atoms with E-state index < -0.39 is 0 Å². The third-order valence-electron chi connectivity index (χ3n) is 2.97. The van der Waals surface area contributed by atoms with E-state index in [2.05, 4.69) is 27.4 Å². The summed E-state index contributed by atoms with van der Waals surface area (Å²) in [7, 11) is 0. The summed E-state index contributed by atoms with van der Waals surface area (Å²) >= 11 is 1.80. The Hall–Kier alpha value is -1.55. The van der Waals surface area contributed by atoms with E-state index in [0.717, 1.165) is 17.9 Å². The SMILES string of the molecule is Nc1cncc(N(Cc2cccs2)C2CC2)c1. The van der Waals surface area contributed by atoms with Gasteiger partial charge in [0.15, 0.2) is 0 Å². The average Bonchev–Trinajstić information content (AvgIpc) is 3.03. The molecule has 17 heavy (non-hydrogen) atoms. The fourth-order valence-electron chi connectivity index (χ4n) is 1.99. The molecule has 0 spiro atoms. The zero-order chi connectivity index (χ0) is 11.7. The van der Waals surface area contributed by atoms with Gasteiger partial charge in [0.2, 0.25) is 0 Å². The van der Waals surface area contributed by atoms with Crippen molar-refractivity contribution >= 4 is 22.7 Å². The Morgan fingerprint density at radius 2 is 2.29 bits per heavy atom. The van der Waals surface area contributed by atoms with Gasteiger partial charge in [-0.3, -0.25) is 4.98 Å². The molecule has 2 aromatic rings. The molecule has 0 bridgehead atoms. The molecule has 0 amide bonds. The second-order valence-corrected chi connectivity index (χ2v) is 5.45. The van der Waals surface area contributed by atoms with Crippen LogP contribution in [0.5, 0.6) is 0 Å². The molecule has 3 rings (SSSR count). The van der Waals surface area contributed by atoms with Crippen molar-refractivity contribution in [2.45, 2.75) is 25.4 Å². The Morgan fingerprint density at radius 1 is 1.41 bits per heavy atom. The minimum atomic E-state index is 0.667. The molecular weight excluding hydrogens is 230 g/mol. The van der Waals surface area contributed by atoms with Crippen molar-refractivity contribution in [3.63, 3.8) is 0 Å². The van der Waals surface area contributed by atoms with E-state index in [-0.39, 0.29) is 0 Å². The maximum absolute atomic E-state index is 5.80. The molecule has 0 aromatic carbocycles. The van der Waals surface area contributed by atoms with Gasteiger partial charge < -0.3 is 10.6 Å². The molecule has 0 aliphatic heterocycles. The first-order valence-corrected chi connectivity index (χ1v) is 6.70. The Kier molecular flexibility index (Phi) is 2.73. The first-order valence-electron chi connectivity index (χ1n) is 5.82. The van der Waals surface area contributed by atoms with Gasteiger partial charge in [0.25, 0.3) is 0 Å². The van der Waals surface area contributed by atoms with E-state index in [9.17, 15) is 0 Å². The highest BCUT2D eigenvalue weighted by atomic mass is 32.1. The van der Waals surface area contributed by atoms with Gasteiger partial charge in [-0.15, -0.1) is 11.3 Å². The fourth-order valence-corrected chi connectivity index (χ4v) is 2.69. The van der Waals surface area contributed by atoms with Gasteiger partial charge in [-0.05, 0) is 30.4 Å². The molecule has 0 atom stereocenters. The number of thiophene rings is 1. The standard InChI is InChI=1S/C13H15N3S/c14-10-6-12(8-15-7-10)16(11-3-4-11)9-13-2-1-5-17-13/h1-2,5-8,11H,3-4,9,14H2. The van der Waals surface area contributed by atoms with Crippen LogP contribution in [0.4, 0.5) is 11.4 Å². The van der Waals surface area contributed by atoms with Crippen LogP contribution in [0.1, 0.15) is 17.7 Å². The van der Waals surface area contributed by atoms with E-state index in [1.165, 1.54) is 17.7 Å². The van der Waals surface area contributed by atoms with Crippen molar-refractivity contribution in [3.8, 4) is 0 Å². The number of rotatable bonds is 4. The Morgan fingerprint density at radius 3 is 2.94 bits per heavy atom. The monoisotopic (exact) mass is 245 g/mol. The predicted molar refractivity (Wildman–Crippen MR) is 72.2 cm³/mol. The Bertz CT molecular complexity index is 491. The lowest BCUT2D eigenvalue weighted by Crippen LogP contribution is -2.24. The van der Waals surface area contributed by atoms with Crippen molar-refractivity contribution in [1.29, 1.82) is 0 Å². The number of nitrogens with zero attached hydrogens (tertiary/aromatic N) is 2. The molecule has 0 radical (unpaired) electrons. The predicted octanol–water partition coefficient (Wildman–Crippen LogP) is 2.89. The molecule has 0 unspecified atom stereocenters. The molecule has 1 fully saturated rings. The highest BCUT2D eigenvalue weighted by molar-refractivity contribution is 7.09. The number of aromatic nitrogens is 1.